The zero-order valence-corrected chi connectivity index (χ0v) is 20.6. The maximum Gasteiger partial charge on any atom is 0.293 e. The molecular weight excluding hydrogens is 502 g/mol. The van der Waals surface area contributed by atoms with Gasteiger partial charge in [-0.1, -0.05) is 64.0 Å². The highest BCUT2D eigenvalue weighted by Crippen LogP contribution is 2.35. The minimum atomic E-state index is -0.292. The minimum absolute atomic E-state index is 0.258. The summed E-state index contributed by atoms with van der Waals surface area (Å²) in [7, 11) is 1.57. The SMILES string of the molecule is COc1cc(/C=C2\SC(=O)N(Cc3ccc(C)cc3)C2=O)ccc1OCc1ccc(Br)cc1. The van der Waals surface area contributed by atoms with Gasteiger partial charge in [0.25, 0.3) is 11.1 Å². The van der Waals surface area contributed by atoms with E-state index in [0.717, 1.165) is 38.5 Å². The van der Waals surface area contributed by atoms with Crippen LogP contribution in [0.15, 0.2) is 76.1 Å². The first kappa shape index (κ1) is 23.1. The second-order valence-electron chi connectivity index (χ2n) is 7.58. The zero-order chi connectivity index (χ0) is 23.4. The standard InChI is InChI=1S/C26H22BrNO4S/c1-17-3-5-18(6-4-17)15-28-25(29)24(33-26(28)30)14-20-9-12-22(23(13-20)31-2)32-16-19-7-10-21(27)11-8-19/h3-14H,15-16H2,1-2H3/b24-14-. The number of imide groups is 1. The van der Waals surface area contributed by atoms with Crippen LogP contribution >= 0.6 is 27.7 Å². The van der Waals surface area contributed by atoms with Crippen molar-refractivity contribution in [2.45, 2.75) is 20.1 Å². The van der Waals surface area contributed by atoms with Gasteiger partial charge in [-0.2, -0.15) is 0 Å². The van der Waals surface area contributed by atoms with E-state index >= 15 is 0 Å². The van der Waals surface area contributed by atoms with Crippen molar-refractivity contribution in [2.75, 3.05) is 7.11 Å². The average molecular weight is 524 g/mol. The Morgan fingerprint density at radius 1 is 0.939 bits per heavy atom. The molecular formula is C26H22BrNO4S. The lowest BCUT2D eigenvalue weighted by atomic mass is 10.1. The summed E-state index contributed by atoms with van der Waals surface area (Å²) in [5, 5.41) is -0.270. The number of ether oxygens (including phenoxy) is 2. The van der Waals surface area contributed by atoms with Gasteiger partial charge in [-0.05, 0) is 65.7 Å². The first-order valence-electron chi connectivity index (χ1n) is 10.3. The molecule has 0 spiro atoms. The van der Waals surface area contributed by atoms with Gasteiger partial charge < -0.3 is 9.47 Å². The number of hydrogen-bond donors (Lipinski definition) is 0. The molecule has 0 aromatic heterocycles. The van der Waals surface area contributed by atoms with Gasteiger partial charge in [0.05, 0.1) is 18.6 Å². The fraction of sp³-hybridized carbons (Fsp3) is 0.154. The van der Waals surface area contributed by atoms with Gasteiger partial charge in [0.15, 0.2) is 11.5 Å². The van der Waals surface area contributed by atoms with E-state index in [1.165, 1.54) is 4.90 Å². The zero-order valence-electron chi connectivity index (χ0n) is 18.2. The minimum Gasteiger partial charge on any atom is -0.493 e. The van der Waals surface area contributed by atoms with Gasteiger partial charge in [-0.25, -0.2) is 0 Å². The predicted octanol–water partition coefficient (Wildman–Crippen LogP) is 6.58. The smallest absolute Gasteiger partial charge is 0.293 e. The van der Waals surface area contributed by atoms with Crippen molar-refractivity contribution in [1.82, 2.24) is 4.90 Å². The van der Waals surface area contributed by atoms with Crippen LogP contribution in [0, 0.1) is 6.92 Å². The van der Waals surface area contributed by atoms with Crippen LogP contribution in [0.2, 0.25) is 0 Å². The Hall–Kier alpha value is -3.03. The Balaban J connectivity index is 1.47. The molecule has 168 valence electrons. The molecule has 1 saturated heterocycles. The van der Waals surface area contributed by atoms with Crippen LogP contribution in [0.25, 0.3) is 6.08 Å². The van der Waals surface area contributed by atoms with E-state index in [4.69, 9.17) is 9.47 Å². The Kier molecular flexibility index (Phi) is 7.20. The summed E-state index contributed by atoms with van der Waals surface area (Å²) in [5.41, 5.74) is 3.83. The maximum absolute atomic E-state index is 12.9. The van der Waals surface area contributed by atoms with Gasteiger partial charge >= 0.3 is 0 Å². The van der Waals surface area contributed by atoms with Gasteiger partial charge in [0, 0.05) is 4.47 Å². The van der Waals surface area contributed by atoms with Crippen molar-refractivity contribution in [2.24, 2.45) is 0 Å². The van der Waals surface area contributed by atoms with Crippen molar-refractivity contribution in [3.63, 3.8) is 0 Å². The number of amides is 2. The van der Waals surface area contributed by atoms with Gasteiger partial charge in [-0.3, -0.25) is 14.5 Å². The number of rotatable bonds is 7. The first-order valence-corrected chi connectivity index (χ1v) is 11.9. The highest BCUT2D eigenvalue weighted by atomic mass is 79.9. The molecule has 0 aliphatic carbocycles. The third kappa shape index (κ3) is 5.67. The lowest BCUT2D eigenvalue weighted by molar-refractivity contribution is -0.123. The van der Waals surface area contributed by atoms with E-state index in [9.17, 15) is 9.59 Å². The third-order valence-electron chi connectivity index (χ3n) is 5.13. The molecule has 3 aromatic carbocycles. The monoisotopic (exact) mass is 523 g/mol. The fourth-order valence-corrected chi connectivity index (χ4v) is 4.40. The number of carbonyl (C=O) groups excluding carboxylic acids is 2. The number of hydrogen-bond acceptors (Lipinski definition) is 5. The number of methoxy groups -OCH3 is 1. The molecule has 2 amide bonds. The van der Waals surface area contributed by atoms with Gasteiger partial charge in [0.1, 0.15) is 6.61 Å². The van der Waals surface area contributed by atoms with E-state index in [0.29, 0.717) is 23.0 Å². The van der Waals surface area contributed by atoms with Crippen molar-refractivity contribution >= 4 is 44.9 Å². The van der Waals surface area contributed by atoms with E-state index < -0.39 is 0 Å². The normalized spacial score (nSPS) is 14.8. The molecule has 7 heteroatoms. The second-order valence-corrected chi connectivity index (χ2v) is 9.49. The van der Waals surface area contributed by atoms with Crippen LogP contribution in [0.3, 0.4) is 0 Å². The van der Waals surface area contributed by atoms with Crippen LogP contribution in [-0.4, -0.2) is 23.2 Å². The molecule has 0 unspecified atom stereocenters. The second kappa shape index (κ2) is 10.3. The molecule has 0 atom stereocenters. The number of benzene rings is 3. The van der Waals surface area contributed by atoms with E-state index in [1.54, 1.807) is 25.3 Å². The van der Waals surface area contributed by atoms with Gasteiger partial charge in [-0.15, -0.1) is 0 Å². The lowest BCUT2D eigenvalue weighted by Gasteiger charge is -2.13. The number of carbonyl (C=O) groups is 2. The largest absolute Gasteiger partial charge is 0.493 e. The molecule has 1 fully saturated rings. The molecule has 0 N–H and O–H groups in total. The molecule has 3 aromatic rings. The van der Waals surface area contributed by atoms with Crippen LogP contribution in [-0.2, 0) is 17.9 Å². The lowest BCUT2D eigenvalue weighted by Crippen LogP contribution is -2.27. The molecule has 5 nitrogen and oxygen atoms in total. The first-order chi connectivity index (χ1) is 15.9. The predicted molar refractivity (Wildman–Crippen MR) is 134 cm³/mol. The summed E-state index contributed by atoms with van der Waals surface area (Å²) in [5.74, 6) is 0.866. The Labute approximate surface area is 205 Å². The van der Waals surface area contributed by atoms with Crippen LogP contribution in [0.1, 0.15) is 22.3 Å². The molecule has 0 radical (unpaired) electrons. The number of aryl methyl sites for hydroxylation is 1. The Morgan fingerprint density at radius 2 is 1.64 bits per heavy atom. The molecule has 0 saturated carbocycles. The summed E-state index contributed by atoms with van der Waals surface area (Å²) in [6.45, 7) is 2.66. The molecule has 33 heavy (non-hydrogen) atoms. The van der Waals surface area contributed by atoms with Crippen LogP contribution in [0.4, 0.5) is 4.79 Å². The van der Waals surface area contributed by atoms with Crippen LogP contribution in [0.5, 0.6) is 11.5 Å². The highest BCUT2D eigenvalue weighted by Gasteiger charge is 2.35. The third-order valence-corrected chi connectivity index (χ3v) is 6.56. The summed E-state index contributed by atoms with van der Waals surface area (Å²) in [4.78, 5) is 27.0. The molecule has 4 rings (SSSR count). The molecule has 1 heterocycles. The Morgan fingerprint density at radius 3 is 2.33 bits per heavy atom. The topological polar surface area (TPSA) is 55.8 Å². The summed E-state index contributed by atoms with van der Waals surface area (Å²) < 4.78 is 12.4. The Bertz CT molecular complexity index is 1210. The quantitative estimate of drug-likeness (QED) is 0.327. The molecule has 1 aliphatic rings. The summed E-state index contributed by atoms with van der Waals surface area (Å²) in [6.07, 6.45) is 1.71. The van der Waals surface area contributed by atoms with Crippen molar-refractivity contribution in [3.8, 4) is 11.5 Å². The number of halogens is 1. The van der Waals surface area contributed by atoms with E-state index in [1.807, 2.05) is 61.5 Å². The average Bonchev–Trinajstić information content (AvgIpc) is 3.07. The summed E-state index contributed by atoms with van der Waals surface area (Å²) >= 11 is 4.37. The van der Waals surface area contributed by atoms with Crippen molar-refractivity contribution < 1.29 is 19.1 Å². The fourth-order valence-electron chi connectivity index (χ4n) is 3.30. The molecule has 0 bridgehead atoms. The van der Waals surface area contributed by atoms with E-state index in [-0.39, 0.29) is 17.7 Å². The molecule has 1 aliphatic heterocycles. The van der Waals surface area contributed by atoms with Crippen molar-refractivity contribution in [3.05, 3.63) is 98.4 Å². The number of thioether (sulfide) groups is 1. The highest BCUT2D eigenvalue weighted by molar-refractivity contribution is 9.10. The van der Waals surface area contributed by atoms with E-state index in [2.05, 4.69) is 15.9 Å². The van der Waals surface area contributed by atoms with Gasteiger partial charge in [0.2, 0.25) is 0 Å². The summed E-state index contributed by atoms with van der Waals surface area (Å²) in [6, 6.07) is 21.1. The maximum atomic E-state index is 12.9. The number of nitrogens with zero attached hydrogens (tertiary/aromatic N) is 1. The van der Waals surface area contributed by atoms with Crippen LogP contribution < -0.4 is 9.47 Å². The van der Waals surface area contributed by atoms with Crippen molar-refractivity contribution in [1.29, 1.82) is 0 Å².